The number of carbonyl (C=O) groups is 1. The van der Waals surface area contributed by atoms with Crippen LogP contribution in [-0.4, -0.2) is 46.8 Å². The van der Waals surface area contributed by atoms with E-state index in [-0.39, 0.29) is 6.04 Å². The van der Waals surface area contributed by atoms with Crippen molar-refractivity contribution < 1.29 is 23.4 Å². The minimum Gasteiger partial charge on any atom is -0.444 e. The molecular formula is C11H21F2NO3. The van der Waals surface area contributed by atoms with E-state index in [0.29, 0.717) is 0 Å². The molecule has 6 heteroatoms. The van der Waals surface area contributed by atoms with Gasteiger partial charge < -0.3 is 14.7 Å². The zero-order valence-corrected chi connectivity index (χ0v) is 10.9. The lowest BCUT2D eigenvalue weighted by molar-refractivity contribution is -0.0365. The predicted molar refractivity (Wildman–Crippen MR) is 60.1 cm³/mol. The molecule has 0 aromatic rings. The summed E-state index contributed by atoms with van der Waals surface area (Å²) in [5, 5.41) is 9.09. The van der Waals surface area contributed by atoms with Gasteiger partial charge in [-0.15, -0.1) is 0 Å². The SMILES string of the molecule is CC(C)N(CC(O)C(F)F)C(=O)OC(C)(C)C. The van der Waals surface area contributed by atoms with Gasteiger partial charge in [-0.05, 0) is 34.6 Å². The lowest BCUT2D eigenvalue weighted by Crippen LogP contribution is -2.46. The van der Waals surface area contributed by atoms with E-state index >= 15 is 0 Å². The molecule has 0 aromatic carbocycles. The van der Waals surface area contributed by atoms with Gasteiger partial charge in [0.15, 0.2) is 0 Å². The van der Waals surface area contributed by atoms with Crippen LogP contribution in [0.3, 0.4) is 0 Å². The number of hydrogen-bond donors (Lipinski definition) is 1. The minimum atomic E-state index is -2.88. The van der Waals surface area contributed by atoms with Crippen LogP contribution >= 0.6 is 0 Å². The molecule has 1 atom stereocenters. The van der Waals surface area contributed by atoms with Gasteiger partial charge in [0.1, 0.15) is 11.7 Å². The number of ether oxygens (including phenoxy) is 1. The van der Waals surface area contributed by atoms with Crippen molar-refractivity contribution in [2.24, 2.45) is 0 Å². The Morgan fingerprint density at radius 2 is 1.82 bits per heavy atom. The number of aliphatic hydroxyl groups excluding tert-OH is 1. The van der Waals surface area contributed by atoms with Gasteiger partial charge in [0.25, 0.3) is 6.43 Å². The van der Waals surface area contributed by atoms with Crippen LogP contribution in [0.4, 0.5) is 13.6 Å². The molecule has 0 saturated heterocycles. The molecule has 0 radical (unpaired) electrons. The molecule has 0 fully saturated rings. The van der Waals surface area contributed by atoms with Crippen LogP contribution in [0.2, 0.25) is 0 Å². The van der Waals surface area contributed by atoms with Crippen LogP contribution in [0.1, 0.15) is 34.6 Å². The van der Waals surface area contributed by atoms with Crippen molar-refractivity contribution in [2.45, 2.75) is 58.8 Å². The quantitative estimate of drug-likeness (QED) is 0.836. The monoisotopic (exact) mass is 253 g/mol. The van der Waals surface area contributed by atoms with Gasteiger partial charge in [0, 0.05) is 6.04 Å². The molecule has 0 heterocycles. The Morgan fingerprint density at radius 1 is 1.35 bits per heavy atom. The van der Waals surface area contributed by atoms with Crippen LogP contribution in [-0.2, 0) is 4.74 Å². The predicted octanol–water partition coefficient (Wildman–Crippen LogP) is 2.26. The number of nitrogens with zero attached hydrogens (tertiary/aromatic N) is 1. The number of aliphatic hydroxyl groups is 1. The molecule has 0 spiro atoms. The summed E-state index contributed by atoms with van der Waals surface area (Å²) in [7, 11) is 0. The number of rotatable bonds is 4. The summed E-state index contributed by atoms with van der Waals surface area (Å²) < 4.78 is 29.5. The maximum atomic E-state index is 12.2. The fourth-order valence-corrected chi connectivity index (χ4v) is 1.10. The third-order valence-electron chi connectivity index (χ3n) is 1.93. The number of carbonyl (C=O) groups excluding carboxylic acids is 1. The third-order valence-corrected chi connectivity index (χ3v) is 1.93. The average molecular weight is 253 g/mol. The van der Waals surface area contributed by atoms with Crippen molar-refractivity contribution in [1.29, 1.82) is 0 Å². The molecule has 0 rings (SSSR count). The first-order valence-electron chi connectivity index (χ1n) is 5.50. The second-order valence-corrected chi connectivity index (χ2v) is 5.13. The van der Waals surface area contributed by atoms with Crippen molar-refractivity contribution in [3.63, 3.8) is 0 Å². The summed E-state index contributed by atoms with van der Waals surface area (Å²) in [6.45, 7) is 7.96. The van der Waals surface area contributed by atoms with Gasteiger partial charge in [-0.2, -0.15) is 0 Å². The molecule has 0 aliphatic heterocycles. The Kier molecular flexibility index (Phi) is 5.81. The molecule has 17 heavy (non-hydrogen) atoms. The number of alkyl halides is 2. The fraction of sp³-hybridized carbons (Fsp3) is 0.909. The summed E-state index contributed by atoms with van der Waals surface area (Å²) in [6.07, 6.45) is -5.43. The molecule has 102 valence electrons. The van der Waals surface area contributed by atoms with Crippen molar-refractivity contribution in [1.82, 2.24) is 4.90 Å². The average Bonchev–Trinajstić information content (AvgIpc) is 2.09. The van der Waals surface area contributed by atoms with Crippen LogP contribution in [0, 0.1) is 0 Å². The molecule has 0 aliphatic rings. The van der Waals surface area contributed by atoms with Crippen LogP contribution in [0.25, 0.3) is 0 Å². The Balaban J connectivity index is 4.58. The number of amides is 1. The first kappa shape index (κ1) is 16.1. The normalized spacial score (nSPS) is 14.0. The standard InChI is InChI=1S/C11H21F2NO3/c1-7(2)14(6-8(15)9(12)13)10(16)17-11(3,4)5/h7-9,15H,6H2,1-5H3. The van der Waals surface area contributed by atoms with Gasteiger partial charge >= 0.3 is 6.09 Å². The molecular weight excluding hydrogens is 232 g/mol. The van der Waals surface area contributed by atoms with Crippen molar-refractivity contribution >= 4 is 6.09 Å². The first-order chi connectivity index (χ1) is 7.54. The maximum absolute atomic E-state index is 12.2. The van der Waals surface area contributed by atoms with E-state index in [1.807, 2.05) is 0 Å². The number of hydrogen-bond acceptors (Lipinski definition) is 3. The molecule has 4 nitrogen and oxygen atoms in total. The molecule has 0 bridgehead atoms. The van der Waals surface area contributed by atoms with Crippen LogP contribution < -0.4 is 0 Å². The topological polar surface area (TPSA) is 49.8 Å². The maximum Gasteiger partial charge on any atom is 0.410 e. The molecule has 0 aromatic heterocycles. The van der Waals surface area contributed by atoms with E-state index in [0.717, 1.165) is 4.90 Å². The zero-order valence-electron chi connectivity index (χ0n) is 10.9. The van der Waals surface area contributed by atoms with Gasteiger partial charge in [0.2, 0.25) is 0 Å². The highest BCUT2D eigenvalue weighted by Gasteiger charge is 2.28. The van der Waals surface area contributed by atoms with Crippen molar-refractivity contribution in [3.05, 3.63) is 0 Å². The minimum absolute atomic E-state index is 0.321. The van der Waals surface area contributed by atoms with Gasteiger partial charge in [-0.25, -0.2) is 13.6 Å². The van der Waals surface area contributed by atoms with E-state index in [1.54, 1.807) is 34.6 Å². The first-order valence-corrected chi connectivity index (χ1v) is 5.50. The summed E-state index contributed by atoms with van der Waals surface area (Å²) in [5.41, 5.74) is -0.694. The van der Waals surface area contributed by atoms with Crippen molar-refractivity contribution in [3.8, 4) is 0 Å². The Bertz CT molecular complexity index is 252. The highest BCUT2D eigenvalue weighted by atomic mass is 19.3. The van der Waals surface area contributed by atoms with Crippen LogP contribution in [0.15, 0.2) is 0 Å². The Hall–Kier alpha value is -0.910. The summed E-state index contributed by atoms with van der Waals surface area (Å²) in [5.74, 6) is 0. The molecule has 1 N–H and O–H groups in total. The summed E-state index contributed by atoms with van der Waals surface area (Å²) in [6, 6.07) is -0.321. The van der Waals surface area contributed by atoms with Crippen LogP contribution in [0.5, 0.6) is 0 Å². The highest BCUT2D eigenvalue weighted by Crippen LogP contribution is 2.13. The van der Waals surface area contributed by atoms with E-state index in [4.69, 9.17) is 9.84 Å². The molecule has 0 saturated carbocycles. The lowest BCUT2D eigenvalue weighted by atomic mass is 10.2. The second kappa shape index (κ2) is 6.14. The van der Waals surface area contributed by atoms with Gasteiger partial charge in [0.05, 0.1) is 6.54 Å². The second-order valence-electron chi connectivity index (χ2n) is 5.13. The number of halogens is 2. The van der Waals surface area contributed by atoms with Gasteiger partial charge in [-0.3, -0.25) is 0 Å². The largest absolute Gasteiger partial charge is 0.444 e. The Labute approximate surface area is 101 Å². The van der Waals surface area contributed by atoms with E-state index < -0.39 is 30.8 Å². The Morgan fingerprint density at radius 3 is 2.12 bits per heavy atom. The van der Waals surface area contributed by atoms with Gasteiger partial charge in [-0.1, -0.05) is 0 Å². The zero-order chi connectivity index (χ0) is 13.8. The van der Waals surface area contributed by atoms with E-state index in [2.05, 4.69) is 0 Å². The highest BCUT2D eigenvalue weighted by molar-refractivity contribution is 5.68. The van der Waals surface area contributed by atoms with Crippen molar-refractivity contribution in [2.75, 3.05) is 6.54 Å². The molecule has 0 aliphatic carbocycles. The van der Waals surface area contributed by atoms with E-state index in [1.165, 1.54) is 0 Å². The third kappa shape index (κ3) is 6.41. The fourth-order valence-electron chi connectivity index (χ4n) is 1.10. The molecule has 1 amide bonds. The summed E-state index contributed by atoms with van der Waals surface area (Å²) >= 11 is 0. The lowest BCUT2D eigenvalue weighted by Gasteiger charge is -2.31. The summed E-state index contributed by atoms with van der Waals surface area (Å²) in [4.78, 5) is 12.8. The van der Waals surface area contributed by atoms with E-state index in [9.17, 15) is 13.6 Å². The smallest absolute Gasteiger partial charge is 0.410 e. The molecule has 1 unspecified atom stereocenters.